The fourth-order valence-electron chi connectivity index (χ4n) is 2.37. The fraction of sp³-hybridized carbons (Fsp3) is 1.00. The van der Waals surface area contributed by atoms with Crippen molar-refractivity contribution in [2.45, 2.75) is 61.4 Å². The van der Waals surface area contributed by atoms with E-state index >= 15 is 0 Å². The molecule has 2 aliphatic rings. The molecule has 23 heavy (non-hydrogen) atoms. The van der Waals surface area contributed by atoms with Gasteiger partial charge in [-0.15, -0.1) is 0 Å². The standard InChI is InChI=1S/C12H22O11/c13-3-1-22-12(10(19)7(16)5(3)14)23-4-2-21-11(20)9(18)8(17)6(4)15/h3-20H,1-2H2/t3-,4-,5-,6-,7+,8+,9+,10+,11+,12-/m1/s1. The van der Waals surface area contributed by atoms with Crippen molar-refractivity contribution >= 4 is 0 Å². The Kier molecular flexibility index (Phi) is 6.27. The van der Waals surface area contributed by atoms with Gasteiger partial charge in [-0.3, -0.25) is 0 Å². The number of rotatable bonds is 2. The number of hydrogen-bond acceptors (Lipinski definition) is 11. The molecule has 2 fully saturated rings. The molecule has 0 aliphatic carbocycles. The largest absolute Gasteiger partial charge is 0.388 e. The predicted octanol–water partition coefficient (Wildman–Crippen LogP) is -5.40. The Bertz CT molecular complexity index is 348. The zero-order valence-electron chi connectivity index (χ0n) is 12.0. The van der Waals surface area contributed by atoms with E-state index in [0.29, 0.717) is 0 Å². The van der Waals surface area contributed by atoms with E-state index in [2.05, 4.69) is 0 Å². The third kappa shape index (κ3) is 3.97. The molecule has 0 radical (unpaired) electrons. The highest BCUT2D eigenvalue weighted by atomic mass is 16.7. The first-order valence-corrected chi connectivity index (χ1v) is 7.07. The average Bonchev–Trinajstić information content (AvgIpc) is 2.68. The summed E-state index contributed by atoms with van der Waals surface area (Å²) >= 11 is 0. The van der Waals surface area contributed by atoms with Gasteiger partial charge in [0.2, 0.25) is 0 Å². The Morgan fingerprint density at radius 2 is 1.22 bits per heavy atom. The second-order valence-electron chi connectivity index (χ2n) is 5.61. The summed E-state index contributed by atoms with van der Waals surface area (Å²) in [4.78, 5) is 0. The topological polar surface area (TPSA) is 190 Å². The van der Waals surface area contributed by atoms with Gasteiger partial charge in [0.1, 0.15) is 48.8 Å². The van der Waals surface area contributed by atoms with Gasteiger partial charge in [0, 0.05) is 0 Å². The van der Waals surface area contributed by atoms with Crippen LogP contribution >= 0.6 is 0 Å². The van der Waals surface area contributed by atoms with Crippen molar-refractivity contribution in [2.75, 3.05) is 13.2 Å². The minimum Gasteiger partial charge on any atom is -0.388 e. The monoisotopic (exact) mass is 342 g/mol. The van der Waals surface area contributed by atoms with Crippen LogP contribution in [-0.4, -0.2) is 115 Å². The quantitative estimate of drug-likeness (QED) is 0.239. The van der Waals surface area contributed by atoms with Crippen molar-refractivity contribution in [3.8, 4) is 0 Å². The highest BCUT2D eigenvalue weighted by Gasteiger charge is 2.45. The summed E-state index contributed by atoms with van der Waals surface area (Å²) in [6, 6.07) is 0. The molecular weight excluding hydrogens is 320 g/mol. The fourth-order valence-corrected chi connectivity index (χ4v) is 2.37. The molecule has 0 aromatic rings. The van der Waals surface area contributed by atoms with Crippen molar-refractivity contribution in [3.05, 3.63) is 0 Å². The third-order valence-electron chi connectivity index (χ3n) is 3.92. The van der Waals surface area contributed by atoms with Crippen LogP contribution in [0.15, 0.2) is 0 Å². The Hall–Kier alpha value is -0.440. The maximum Gasteiger partial charge on any atom is 0.186 e. The summed E-state index contributed by atoms with van der Waals surface area (Å²) in [5.74, 6) is 0. The molecule has 2 saturated heterocycles. The molecule has 2 aliphatic heterocycles. The van der Waals surface area contributed by atoms with Crippen molar-refractivity contribution < 1.29 is 55.1 Å². The van der Waals surface area contributed by atoms with Crippen molar-refractivity contribution in [1.82, 2.24) is 0 Å². The number of aliphatic hydroxyl groups is 8. The SMILES string of the molecule is O[C@@H]1[C@H](O)[C@@H](O[C@@H]2CO[C@H](O)[C@@H](O)[C@@H](O)[C@@H]2O)OC[C@@H](O)[C@H]1O. The van der Waals surface area contributed by atoms with E-state index in [1.807, 2.05) is 0 Å². The highest BCUT2D eigenvalue weighted by molar-refractivity contribution is 4.90. The van der Waals surface area contributed by atoms with Gasteiger partial charge in [0.15, 0.2) is 12.6 Å². The smallest absolute Gasteiger partial charge is 0.186 e. The van der Waals surface area contributed by atoms with Crippen LogP contribution in [0.5, 0.6) is 0 Å². The molecule has 0 spiro atoms. The molecule has 0 unspecified atom stereocenters. The number of ether oxygens (including phenoxy) is 3. The van der Waals surface area contributed by atoms with Crippen molar-refractivity contribution in [3.63, 3.8) is 0 Å². The summed E-state index contributed by atoms with van der Waals surface area (Å²) in [5, 5.41) is 77.2. The first-order valence-electron chi connectivity index (χ1n) is 7.07. The lowest BCUT2D eigenvalue weighted by Gasteiger charge is -2.31. The van der Waals surface area contributed by atoms with Crippen molar-refractivity contribution in [1.29, 1.82) is 0 Å². The van der Waals surface area contributed by atoms with Gasteiger partial charge in [-0.2, -0.15) is 0 Å². The normalized spacial score (nSPS) is 52.7. The van der Waals surface area contributed by atoms with Crippen LogP contribution in [0.3, 0.4) is 0 Å². The van der Waals surface area contributed by atoms with Gasteiger partial charge in [0.25, 0.3) is 0 Å². The molecule has 10 atom stereocenters. The molecule has 11 heteroatoms. The van der Waals surface area contributed by atoms with E-state index in [1.165, 1.54) is 0 Å². The van der Waals surface area contributed by atoms with Crippen LogP contribution in [0, 0.1) is 0 Å². The van der Waals surface area contributed by atoms with E-state index < -0.39 is 74.6 Å². The van der Waals surface area contributed by atoms with E-state index in [4.69, 9.17) is 14.2 Å². The Labute approximate surface area is 130 Å². The second kappa shape index (κ2) is 7.63. The van der Waals surface area contributed by atoms with Crippen LogP contribution < -0.4 is 0 Å². The summed E-state index contributed by atoms with van der Waals surface area (Å²) in [6.45, 7) is -0.915. The number of hydrogen-bond donors (Lipinski definition) is 8. The van der Waals surface area contributed by atoms with Crippen LogP contribution in [0.2, 0.25) is 0 Å². The van der Waals surface area contributed by atoms with E-state index in [9.17, 15) is 40.9 Å². The van der Waals surface area contributed by atoms with Crippen LogP contribution in [-0.2, 0) is 14.2 Å². The molecule has 2 heterocycles. The third-order valence-corrected chi connectivity index (χ3v) is 3.92. The van der Waals surface area contributed by atoms with Crippen molar-refractivity contribution in [2.24, 2.45) is 0 Å². The summed E-state index contributed by atoms with van der Waals surface area (Å²) < 4.78 is 15.1. The number of aliphatic hydroxyl groups excluding tert-OH is 8. The molecule has 136 valence electrons. The van der Waals surface area contributed by atoms with Gasteiger partial charge in [0.05, 0.1) is 13.2 Å². The summed E-state index contributed by atoms with van der Waals surface area (Å²) in [5.41, 5.74) is 0. The predicted molar refractivity (Wildman–Crippen MR) is 68.6 cm³/mol. The lowest BCUT2D eigenvalue weighted by atomic mass is 10.0. The summed E-state index contributed by atoms with van der Waals surface area (Å²) in [7, 11) is 0. The Morgan fingerprint density at radius 3 is 1.87 bits per heavy atom. The van der Waals surface area contributed by atoms with Crippen LogP contribution in [0.4, 0.5) is 0 Å². The molecule has 0 saturated carbocycles. The van der Waals surface area contributed by atoms with E-state index in [0.717, 1.165) is 0 Å². The minimum absolute atomic E-state index is 0.454. The second-order valence-corrected chi connectivity index (χ2v) is 5.61. The molecule has 11 nitrogen and oxygen atoms in total. The minimum atomic E-state index is -1.79. The molecule has 8 N–H and O–H groups in total. The maximum absolute atomic E-state index is 9.94. The van der Waals surface area contributed by atoms with E-state index in [1.54, 1.807) is 0 Å². The Balaban J connectivity index is 2.07. The Morgan fingerprint density at radius 1 is 0.609 bits per heavy atom. The lowest BCUT2D eigenvalue weighted by Crippen LogP contribution is -2.51. The van der Waals surface area contributed by atoms with Gasteiger partial charge >= 0.3 is 0 Å². The van der Waals surface area contributed by atoms with Crippen LogP contribution in [0.25, 0.3) is 0 Å². The highest BCUT2D eigenvalue weighted by Crippen LogP contribution is 2.23. The molecule has 0 bridgehead atoms. The zero-order chi connectivity index (χ0) is 17.3. The molecule has 0 aromatic heterocycles. The van der Waals surface area contributed by atoms with E-state index in [-0.39, 0.29) is 0 Å². The molecular formula is C12H22O11. The van der Waals surface area contributed by atoms with Gasteiger partial charge in [-0.1, -0.05) is 0 Å². The first kappa shape index (κ1) is 18.9. The van der Waals surface area contributed by atoms with Gasteiger partial charge < -0.3 is 55.1 Å². The van der Waals surface area contributed by atoms with Gasteiger partial charge in [-0.05, 0) is 0 Å². The van der Waals surface area contributed by atoms with Gasteiger partial charge in [-0.25, -0.2) is 0 Å². The first-order chi connectivity index (χ1) is 10.7. The zero-order valence-corrected chi connectivity index (χ0v) is 12.0. The average molecular weight is 342 g/mol. The summed E-state index contributed by atoms with van der Waals surface area (Å²) in [6.07, 6.45) is -16.5. The lowest BCUT2D eigenvalue weighted by molar-refractivity contribution is -0.253. The molecule has 0 aromatic carbocycles. The molecule has 2 rings (SSSR count). The molecule has 0 amide bonds. The van der Waals surface area contributed by atoms with Crippen LogP contribution in [0.1, 0.15) is 0 Å². The maximum atomic E-state index is 9.94.